The smallest absolute Gasteiger partial charge is 0.315 e. The molecule has 2 aromatic carbocycles. The number of carbonyl (C=O) groups excluding carboxylic acids is 1. The summed E-state index contributed by atoms with van der Waals surface area (Å²) in [7, 11) is 0. The van der Waals surface area contributed by atoms with Crippen LogP contribution in [0.2, 0.25) is 0 Å². The largest absolute Gasteiger partial charge is 0.336 e. The minimum Gasteiger partial charge on any atom is -0.336 e. The van der Waals surface area contributed by atoms with Crippen molar-refractivity contribution >= 4 is 6.03 Å². The third kappa shape index (κ3) is 4.84. The predicted molar refractivity (Wildman–Crippen MR) is 81.8 cm³/mol. The van der Waals surface area contributed by atoms with Gasteiger partial charge < -0.3 is 10.6 Å². The van der Waals surface area contributed by atoms with Crippen LogP contribution in [0.4, 0.5) is 13.6 Å². The Labute approximate surface area is 128 Å². The fourth-order valence-electron chi connectivity index (χ4n) is 2.17. The maximum Gasteiger partial charge on any atom is 0.315 e. The number of amides is 2. The molecule has 2 amide bonds. The second-order valence-electron chi connectivity index (χ2n) is 4.88. The van der Waals surface area contributed by atoms with Crippen LogP contribution in [0.1, 0.15) is 17.2 Å². The minimum atomic E-state index is -0.618. The van der Waals surface area contributed by atoms with Crippen LogP contribution in [0.3, 0.4) is 0 Å². The first-order valence-electron chi connectivity index (χ1n) is 7.09. The van der Waals surface area contributed by atoms with Crippen LogP contribution in [0.15, 0.2) is 54.6 Å². The zero-order chi connectivity index (χ0) is 15.8. The zero-order valence-corrected chi connectivity index (χ0v) is 12.1. The van der Waals surface area contributed by atoms with Crippen LogP contribution in [0, 0.1) is 5.82 Å². The van der Waals surface area contributed by atoms with E-state index in [2.05, 4.69) is 10.6 Å². The molecule has 22 heavy (non-hydrogen) atoms. The normalized spacial score (nSPS) is 11.7. The number of hydrogen-bond donors (Lipinski definition) is 2. The summed E-state index contributed by atoms with van der Waals surface area (Å²) in [4.78, 5) is 11.8. The van der Waals surface area contributed by atoms with Gasteiger partial charge in [0.25, 0.3) is 0 Å². The van der Waals surface area contributed by atoms with E-state index in [1.165, 1.54) is 12.1 Å². The molecule has 0 fully saturated rings. The Morgan fingerprint density at radius 1 is 1.05 bits per heavy atom. The van der Waals surface area contributed by atoms with Crippen molar-refractivity contribution in [3.8, 4) is 0 Å². The number of benzene rings is 2. The lowest BCUT2D eigenvalue weighted by molar-refractivity contribution is 0.236. The second kappa shape index (κ2) is 8.12. The molecule has 0 aliphatic carbocycles. The SMILES string of the molecule is O=C(NCCF)NC(Cc1ccccc1)c1ccc(F)cc1. The Kier molecular flexibility index (Phi) is 5.89. The summed E-state index contributed by atoms with van der Waals surface area (Å²) in [5, 5.41) is 5.23. The van der Waals surface area contributed by atoms with Crippen LogP contribution in [0.25, 0.3) is 0 Å². The van der Waals surface area contributed by atoms with Gasteiger partial charge in [-0.2, -0.15) is 0 Å². The molecule has 0 radical (unpaired) electrons. The third-order valence-electron chi connectivity index (χ3n) is 3.24. The number of urea groups is 1. The molecule has 2 aromatic rings. The summed E-state index contributed by atoms with van der Waals surface area (Å²) < 4.78 is 25.2. The van der Waals surface area contributed by atoms with Crippen molar-refractivity contribution in [1.82, 2.24) is 10.6 Å². The number of rotatable bonds is 6. The highest BCUT2D eigenvalue weighted by molar-refractivity contribution is 5.74. The second-order valence-corrected chi connectivity index (χ2v) is 4.88. The fraction of sp³-hybridized carbons (Fsp3) is 0.235. The van der Waals surface area contributed by atoms with Crippen molar-refractivity contribution in [3.05, 3.63) is 71.5 Å². The van der Waals surface area contributed by atoms with Crippen molar-refractivity contribution in [2.45, 2.75) is 12.5 Å². The molecule has 0 spiro atoms. The average molecular weight is 304 g/mol. The summed E-state index contributed by atoms with van der Waals surface area (Å²) in [6, 6.07) is 14.9. The molecule has 2 rings (SSSR count). The molecular formula is C17H18F2N2O. The molecule has 0 saturated heterocycles. The summed E-state index contributed by atoms with van der Waals surface area (Å²) in [6.07, 6.45) is 0.565. The predicted octanol–water partition coefficient (Wildman–Crippen LogP) is 3.38. The Bertz CT molecular complexity index is 587. The van der Waals surface area contributed by atoms with Gasteiger partial charge in [0, 0.05) is 6.54 Å². The quantitative estimate of drug-likeness (QED) is 0.844. The number of nitrogens with one attached hydrogen (secondary N) is 2. The van der Waals surface area contributed by atoms with Crippen LogP contribution in [-0.2, 0) is 6.42 Å². The first kappa shape index (κ1) is 15.9. The Morgan fingerprint density at radius 2 is 1.73 bits per heavy atom. The molecule has 1 atom stereocenters. The van der Waals surface area contributed by atoms with E-state index in [1.54, 1.807) is 12.1 Å². The number of halogens is 2. The van der Waals surface area contributed by atoms with Gasteiger partial charge in [0.15, 0.2) is 0 Å². The number of carbonyl (C=O) groups is 1. The van der Waals surface area contributed by atoms with E-state index in [-0.39, 0.29) is 18.4 Å². The maximum absolute atomic E-state index is 13.1. The van der Waals surface area contributed by atoms with E-state index in [0.717, 1.165) is 11.1 Å². The van der Waals surface area contributed by atoms with E-state index < -0.39 is 12.7 Å². The highest BCUT2D eigenvalue weighted by Gasteiger charge is 2.15. The molecule has 2 N–H and O–H groups in total. The first-order valence-corrected chi connectivity index (χ1v) is 7.09. The molecular weight excluding hydrogens is 286 g/mol. The van der Waals surface area contributed by atoms with E-state index in [4.69, 9.17) is 0 Å². The van der Waals surface area contributed by atoms with Gasteiger partial charge in [0.05, 0.1) is 6.04 Å². The maximum atomic E-state index is 13.1. The molecule has 0 saturated carbocycles. The molecule has 0 aromatic heterocycles. The molecule has 0 heterocycles. The lowest BCUT2D eigenvalue weighted by atomic mass is 9.99. The molecule has 5 heteroatoms. The van der Waals surface area contributed by atoms with Crippen molar-refractivity contribution < 1.29 is 13.6 Å². The highest BCUT2D eigenvalue weighted by atomic mass is 19.1. The van der Waals surface area contributed by atoms with Gasteiger partial charge in [0.1, 0.15) is 12.5 Å². The van der Waals surface area contributed by atoms with Gasteiger partial charge in [-0.3, -0.25) is 0 Å². The topological polar surface area (TPSA) is 41.1 Å². The zero-order valence-electron chi connectivity index (χ0n) is 12.1. The van der Waals surface area contributed by atoms with Gasteiger partial charge in [-0.1, -0.05) is 42.5 Å². The van der Waals surface area contributed by atoms with Crippen LogP contribution in [-0.4, -0.2) is 19.3 Å². The minimum absolute atomic E-state index is 0.0344. The molecule has 0 bridgehead atoms. The van der Waals surface area contributed by atoms with E-state index in [9.17, 15) is 13.6 Å². The fourth-order valence-corrected chi connectivity index (χ4v) is 2.17. The molecule has 3 nitrogen and oxygen atoms in total. The van der Waals surface area contributed by atoms with Crippen molar-refractivity contribution in [1.29, 1.82) is 0 Å². The van der Waals surface area contributed by atoms with Crippen molar-refractivity contribution in [2.75, 3.05) is 13.2 Å². The van der Waals surface area contributed by atoms with Crippen molar-refractivity contribution in [2.24, 2.45) is 0 Å². The number of hydrogen-bond acceptors (Lipinski definition) is 1. The molecule has 0 aliphatic heterocycles. The van der Waals surface area contributed by atoms with E-state index in [0.29, 0.717) is 6.42 Å². The third-order valence-corrected chi connectivity index (χ3v) is 3.24. The average Bonchev–Trinajstić information content (AvgIpc) is 2.54. The van der Waals surface area contributed by atoms with Crippen LogP contribution < -0.4 is 10.6 Å². The summed E-state index contributed by atoms with van der Waals surface area (Å²) in [6.45, 7) is -0.652. The van der Waals surface area contributed by atoms with E-state index in [1.807, 2.05) is 30.3 Å². The summed E-state index contributed by atoms with van der Waals surface area (Å²) in [5.41, 5.74) is 1.84. The monoisotopic (exact) mass is 304 g/mol. The lowest BCUT2D eigenvalue weighted by Crippen LogP contribution is -2.39. The lowest BCUT2D eigenvalue weighted by Gasteiger charge is -2.20. The van der Waals surface area contributed by atoms with Crippen LogP contribution in [0.5, 0.6) is 0 Å². The Hall–Kier alpha value is -2.43. The number of alkyl halides is 1. The van der Waals surface area contributed by atoms with E-state index >= 15 is 0 Å². The molecule has 116 valence electrons. The first-order chi connectivity index (χ1) is 10.7. The van der Waals surface area contributed by atoms with Gasteiger partial charge in [-0.05, 0) is 29.7 Å². The summed E-state index contributed by atoms with van der Waals surface area (Å²) in [5.74, 6) is -0.330. The summed E-state index contributed by atoms with van der Waals surface area (Å²) >= 11 is 0. The highest BCUT2D eigenvalue weighted by Crippen LogP contribution is 2.19. The van der Waals surface area contributed by atoms with Gasteiger partial charge >= 0.3 is 6.03 Å². The molecule has 0 aliphatic rings. The van der Waals surface area contributed by atoms with Gasteiger partial charge in [0.2, 0.25) is 0 Å². The van der Waals surface area contributed by atoms with Gasteiger partial charge in [-0.15, -0.1) is 0 Å². The van der Waals surface area contributed by atoms with Crippen LogP contribution >= 0.6 is 0 Å². The Morgan fingerprint density at radius 3 is 2.36 bits per heavy atom. The van der Waals surface area contributed by atoms with Crippen molar-refractivity contribution in [3.63, 3.8) is 0 Å². The molecule has 1 unspecified atom stereocenters. The standard InChI is InChI=1S/C17H18F2N2O/c18-10-11-20-17(22)21-16(12-13-4-2-1-3-5-13)14-6-8-15(19)9-7-14/h1-9,16H,10-12H2,(H2,20,21,22). The Balaban J connectivity index is 2.13. The van der Waals surface area contributed by atoms with Gasteiger partial charge in [-0.25, -0.2) is 13.6 Å².